The van der Waals surface area contributed by atoms with Crippen molar-refractivity contribution in [1.29, 1.82) is 0 Å². The molecule has 27 heavy (non-hydrogen) atoms. The van der Waals surface area contributed by atoms with Crippen LogP contribution in [-0.4, -0.2) is 57.1 Å². The highest BCUT2D eigenvalue weighted by atomic mass is 16.5. The summed E-state index contributed by atoms with van der Waals surface area (Å²) in [5, 5.41) is 0.965. The van der Waals surface area contributed by atoms with Gasteiger partial charge in [0, 0.05) is 44.6 Å². The lowest BCUT2D eigenvalue weighted by atomic mass is 10.2. The number of aromatic nitrogens is 4. The zero-order valence-corrected chi connectivity index (χ0v) is 15.7. The summed E-state index contributed by atoms with van der Waals surface area (Å²) in [5.41, 5.74) is 3.16. The second-order valence-corrected chi connectivity index (χ2v) is 7.01. The Kier molecular flexibility index (Phi) is 5.11. The largest absolute Gasteiger partial charge is 0.474 e. The van der Waals surface area contributed by atoms with Crippen LogP contribution < -0.4 is 9.64 Å². The van der Waals surface area contributed by atoms with Crippen molar-refractivity contribution < 1.29 is 4.74 Å². The Balaban J connectivity index is 1.47. The quantitative estimate of drug-likeness (QED) is 0.689. The molecule has 1 saturated heterocycles. The molecule has 1 aliphatic heterocycles. The van der Waals surface area contributed by atoms with Gasteiger partial charge in [0.15, 0.2) is 0 Å². The van der Waals surface area contributed by atoms with Gasteiger partial charge in [-0.25, -0.2) is 19.9 Å². The lowest BCUT2D eigenvalue weighted by Gasteiger charge is -2.36. The zero-order valence-electron chi connectivity index (χ0n) is 15.7. The first kappa shape index (κ1) is 17.6. The van der Waals surface area contributed by atoms with Crippen molar-refractivity contribution in [3.05, 3.63) is 48.8 Å². The molecule has 0 saturated carbocycles. The standard InChI is InChI=1S/C20H24N6O/c1-15(2)27-20-18-11-17(3-4-19(18)23-14-24-20)26-9-7-25(8-10-26)12-16-5-6-21-13-22-16/h3-6,11,13-15H,7-10,12H2,1-2H3. The van der Waals surface area contributed by atoms with Crippen molar-refractivity contribution >= 4 is 16.6 Å². The highest BCUT2D eigenvalue weighted by molar-refractivity contribution is 5.86. The van der Waals surface area contributed by atoms with E-state index < -0.39 is 0 Å². The number of benzene rings is 1. The van der Waals surface area contributed by atoms with Crippen molar-refractivity contribution in [2.75, 3.05) is 31.1 Å². The Morgan fingerprint density at radius 1 is 1.00 bits per heavy atom. The smallest absolute Gasteiger partial charge is 0.224 e. The molecular formula is C20H24N6O. The minimum absolute atomic E-state index is 0.0806. The van der Waals surface area contributed by atoms with Gasteiger partial charge in [0.2, 0.25) is 5.88 Å². The molecule has 2 aromatic heterocycles. The number of ether oxygens (including phenoxy) is 1. The summed E-state index contributed by atoms with van der Waals surface area (Å²) < 4.78 is 5.86. The van der Waals surface area contributed by atoms with E-state index >= 15 is 0 Å². The van der Waals surface area contributed by atoms with E-state index in [-0.39, 0.29) is 6.10 Å². The van der Waals surface area contributed by atoms with Crippen molar-refractivity contribution in [1.82, 2.24) is 24.8 Å². The average molecular weight is 364 g/mol. The molecule has 0 spiro atoms. The second-order valence-electron chi connectivity index (χ2n) is 7.01. The Morgan fingerprint density at radius 2 is 1.85 bits per heavy atom. The minimum Gasteiger partial charge on any atom is -0.474 e. The number of hydrogen-bond donors (Lipinski definition) is 0. The number of rotatable bonds is 5. The van der Waals surface area contributed by atoms with Crippen LogP contribution in [0.15, 0.2) is 43.1 Å². The zero-order chi connectivity index (χ0) is 18.6. The highest BCUT2D eigenvalue weighted by Crippen LogP contribution is 2.28. The van der Waals surface area contributed by atoms with Gasteiger partial charge in [0.05, 0.1) is 22.7 Å². The number of anilines is 1. The van der Waals surface area contributed by atoms with Crippen LogP contribution >= 0.6 is 0 Å². The molecule has 7 heteroatoms. The Hall–Kier alpha value is -2.80. The summed E-state index contributed by atoms with van der Waals surface area (Å²) in [6, 6.07) is 8.31. The minimum atomic E-state index is 0.0806. The summed E-state index contributed by atoms with van der Waals surface area (Å²) in [7, 11) is 0. The molecule has 0 radical (unpaired) electrons. The van der Waals surface area contributed by atoms with Gasteiger partial charge in [0.25, 0.3) is 0 Å². The van der Waals surface area contributed by atoms with E-state index in [0.29, 0.717) is 5.88 Å². The van der Waals surface area contributed by atoms with E-state index in [1.807, 2.05) is 26.0 Å². The van der Waals surface area contributed by atoms with E-state index in [1.54, 1.807) is 18.9 Å². The fourth-order valence-electron chi connectivity index (χ4n) is 3.34. The molecular weight excluding hydrogens is 340 g/mol. The molecule has 1 aromatic carbocycles. The lowest BCUT2D eigenvalue weighted by molar-refractivity contribution is 0.235. The normalized spacial score (nSPS) is 15.4. The summed E-state index contributed by atoms with van der Waals surface area (Å²) in [6.07, 6.45) is 5.05. The Labute approximate surface area is 159 Å². The van der Waals surface area contributed by atoms with Crippen LogP contribution in [-0.2, 0) is 6.54 Å². The summed E-state index contributed by atoms with van der Waals surface area (Å²) in [5.74, 6) is 0.652. The topological polar surface area (TPSA) is 67.3 Å². The SMILES string of the molecule is CC(C)Oc1ncnc2ccc(N3CCN(Cc4ccncn4)CC3)cc12. The molecule has 0 atom stereocenters. The first-order valence-corrected chi connectivity index (χ1v) is 9.32. The van der Waals surface area contributed by atoms with Crippen LogP contribution in [0.2, 0.25) is 0 Å². The molecule has 0 bridgehead atoms. The predicted octanol–water partition coefficient (Wildman–Crippen LogP) is 2.53. The lowest BCUT2D eigenvalue weighted by Crippen LogP contribution is -2.46. The maximum Gasteiger partial charge on any atom is 0.224 e. The molecule has 1 aliphatic rings. The van der Waals surface area contributed by atoms with Crippen LogP contribution in [0.4, 0.5) is 5.69 Å². The van der Waals surface area contributed by atoms with Crippen LogP contribution in [0.1, 0.15) is 19.5 Å². The molecule has 1 fully saturated rings. The first-order chi connectivity index (χ1) is 13.2. The molecule has 4 rings (SSSR count). The molecule has 0 unspecified atom stereocenters. The maximum atomic E-state index is 5.86. The van der Waals surface area contributed by atoms with Crippen molar-refractivity contribution in [2.24, 2.45) is 0 Å². The van der Waals surface area contributed by atoms with E-state index in [4.69, 9.17) is 4.74 Å². The van der Waals surface area contributed by atoms with Crippen molar-refractivity contribution in [3.8, 4) is 5.88 Å². The summed E-state index contributed by atoms with van der Waals surface area (Å²) in [6.45, 7) is 8.85. The molecule has 0 N–H and O–H groups in total. The van der Waals surface area contributed by atoms with Crippen molar-refractivity contribution in [3.63, 3.8) is 0 Å². The fourth-order valence-corrected chi connectivity index (χ4v) is 3.34. The molecule has 0 aliphatic carbocycles. The summed E-state index contributed by atoms with van der Waals surface area (Å²) >= 11 is 0. The van der Waals surface area contributed by atoms with Gasteiger partial charge in [-0.2, -0.15) is 0 Å². The molecule has 140 valence electrons. The maximum absolute atomic E-state index is 5.86. The van der Waals surface area contributed by atoms with Gasteiger partial charge in [-0.3, -0.25) is 4.90 Å². The van der Waals surface area contributed by atoms with Gasteiger partial charge in [-0.15, -0.1) is 0 Å². The molecule has 7 nitrogen and oxygen atoms in total. The van der Waals surface area contributed by atoms with Gasteiger partial charge < -0.3 is 9.64 Å². The third-order valence-corrected chi connectivity index (χ3v) is 4.70. The van der Waals surface area contributed by atoms with E-state index in [9.17, 15) is 0 Å². The second kappa shape index (κ2) is 7.84. The summed E-state index contributed by atoms with van der Waals surface area (Å²) in [4.78, 5) is 21.8. The number of fused-ring (bicyclic) bond motifs is 1. The van der Waals surface area contributed by atoms with Gasteiger partial charge >= 0.3 is 0 Å². The van der Waals surface area contributed by atoms with E-state index in [1.165, 1.54) is 5.69 Å². The van der Waals surface area contributed by atoms with E-state index in [2.05, 4.69) is 41.9 Å². The van der Waals surface area contributed by atoms with Crippen LogP contribution in [0.5, 0.6) is 5.88 Å². The van der Waals surface area contributed by atoms with Gasteiger partial charge in [-0.05, 0) is 38.1 Å². The monoisotopic (exact) mass is 364 g/mol. The first-order valence-electron chi connectivity index (χ1n) is 9.32. The Bertz CT molecular complexity index is 893. The van der Waals surface area contributed by atoms with Gasteiger partial charge in [0.1, 0.15) is 12.7 Å². The Morgan fingerprint density at radius 3 is 2.59 bits per heavy atom. The van der Waals surface area contributed by atoms with Crippen LogP contribution in [0.3, 0.4) is 0 Å². The molecule has 3 aromatic rings. The fraction of sp³-hybridized carbons (Fsp3) is 0.400. The average Bonchev–Trinajstić information content (AvgIpc) is 2.69. The van der Waals surface area contributed by atoms with E-state index in [0.717, 1.165) is 49.3 Å². The third kappa shape index (κ3) is 4.14. The van der Waals surface area contributed by atoms with Crippen LogP contribution in [0.25, 0.3) is 10.9 Å². The highest BCUT2D eigenvalue weighted by Gasteiger charge is 2.19. The van der Waals surface area contributed by atoms with Gasteiger partial charge in [-0.1, -0.05) is 0 Å². The van der Waals surface area contributed by atoms with Crippen LogP contribution in [0, 0.1) is 0 Å². The predicted molar refractivity (Wildman–Crippen MR) is 105 cm³/mol. The number of piperazine rings is 1. The molecule has 3 heterocycles. The number of hydrogen-bond acceptors (Lipinski definition) is 7. The molecule has 0 amide bonds. The van der Waals surface area contributed by atoms with Crippen molar-refractivity contribution in [2.45, 2.75) is 26.5 Å². The number of nitrogens with zero attached hydrogens (tertiary/aromatic N) is 6. The third-order valence-electron chi connectivity index (χ3n) is 4.70.